The number of nitrogens with zero attached hydrogens (tertiary/aromatic N) is 2. The summed E-state index contributed by atoms with van der Waals surface area (Å²) in [4.78, 5) is 3.24. The standard InChI is InChI=1S/C10H9N3/c1-2-4-9-8(3-1)7(6-11-9)5-10-12-13-10/h1-4,6,10-11H,5H2. The summed E-state index contributed by atoms with van der Waals surface area (Å²) in [6.07, 6.45) is 3.21. The Hall–Kier alpha value is -1.64. The first-order valence-corrected chi connectivity index (χ1v) is 4.38. The van der Waals surface area contributed by atoms with E-state index >= 15 is 0 Å². The second-order valence-electron chi connectivity index (χ2n) is 3.28. The van der Waals surface area contributed by atoms with Crippen LogP contribution in [0.1, 0.15) is 5.56 Å². The van der Waals surface area contributed by atoms with Crippen molar-refractivity contribution < 1.29 is 0 Å². The predicted molar refractivity (Wildman–Crippen MR) is 50.6 cm³/mol. The van der Waals surface area contributed by atoms with Crippen LogP contribution in [0.5, 0.6) is 0 Å². The molecule has 0 atom stereocenters. The minimum absolute atomic E-state index is 0.221. The molecule has 0 saturated carbocycles. The zero-order valence-electron chi connectivity index (χ0n) is 7.07. The summed E-state index contributed by atoms with van der Waals surface area (Å²) in [5, 5.41) is 9.08. The Balaban J connectivity index is 2.07. The van der Waals surface area contributed by atoms with Gasteiger partial charge in [-0.2, -0.15) is 10.2 Å². The highest BCUT2D eigenvalue weighted by atomic mass is 15.4. The van der Waals surface area contributed by atoms with E-state index in [-0.39, 0.29) is 6.17 Å². The second kappa shape index (κ2) is 2.42. The van der Waals surface area contributed by atoms with Crippen molar-refractivity contribution in [3.05, 3.63) is 36.0 Å². The molecule has 1 aromatic carbocycles. The van der Waals surface area contributed by atoms with Gasteiger partial charge < -0.3 is 4.98 Å². The number of aromatic amines is 1. The number of hydrogen-bond acceptors (Lipinski definition) is 2. The first kappa shape index (κ1) is 6.83. The molecule has 0 unspecified atom stereocenters. The topological polar surface area (TPSA) is 40.5 Å². The van der Waals surface area contributed by atoms with Crippen molar-refractivity contribution in [1.29, 1.82) is 0 Å². The van der Waals surface area contributed by atoms with Crippen LogP contribution in [0, 0.1) is 0 Å². The Labute approximate surface area is 75.5 Å². The van der Waals surface area contributed by atoms with Crippen molar-refractivity contribution >= 4 is 10.9 Å². The largest absolute Gasteiger partial charge is 0.361 e. The number of para-hydroxylation sites is 1. The van der Waals surface area contributed by atoms with Crippen molar-refractivity contribution in [2.24, 2.45) is 10.2 Å². The number of rotatable bonds is 2. The quantitative estimate of drug-likeness (QED) is 0.721. The molecule has 1 N–H and O–H groups in total. The number of nitrogens with one attached hydrogen (secondary N) is 1. The molecule has 0 bridgehead atoms. The Morgan fingerprint density at radius 2 is 2.08 bits per heavy atom. The molecular formula is C10H9N3. The molecule has 0 spiro atoms. The van der Waals surface area contributed by atoms with Crippen LogP contribution >= 0.6 is 0 Å². The second-order valence-corrected chi connectivity index (χ2v) is 3.28. The third-order valence-corrected chi connectivity index (χ3v) is 2.36. The van der Waals surface area contributed by atoms with Crippen LogP contribution in [0.15, 0.2) is 40.7 Å². The zero-order valence-corrected chi connectivity index (χ0v) is 7.07. The third-order valence-electron chi connectivity index (χ3n) is 2.36. The molecule has 2 heterocycles. The molecule has 1 aliphatic heterocycles. The van der Waals surface area contributed by atoms with E-state index in [1.807, 2.05) is 12.3 Å². The number of aromatic nitrogens is 1. The van der Waals surface area contributed by atoms with Gasteiger partial charge >= 0.3 is 0 Å². The van der Waals surface area contributed by atoms with Gasteiger partial charge in [0.25, 0.3) is 0 Å². The van der Waals surface area contributed by atoms with Gasteiger partial charge in [-0.1, -0.05) is 18.2 Å². The van der Waals surface area contributed by atoms with Crippen LogP contribution in [-0.2, 0) is 6.42 Å². The van der Waals surface area contributed by atoms with Gasteiger partial charge in [0.15, 0.2) is 6.17 Å². The maximum atomic E-state index is 3.90. The summed E-state index contributed by atoms with van der Waals surface area (Å²) in [7, 11) is 0. The van der Waals surface area contributed by atoms with E-state index in [1.54, 1.807) is 0 Å². The predicted octanol–water partition coefficient (Wildman–Crippen LogP) is 2.50. The molecule has 0 saturated heterocycles. The molecular weight excluding hydrogens is 162 g/mol. The van der Waals surface area contributed by atoms with Crippen molar-refractivity contribution in [3.8, 4) is 0 Å². The smallest absolute Gasteiger partial charge is 0.185 e. The monoisotopic (exact) mass is 171 g/mol. The number of hydrogen-bond donors (Lipinski definition) is 1. The summed E-state index contributed by atoms with van der Waals surface area (Å²) in [5.41, 5.74) is 2.50. The minimum atomic E-state index is 0.221. The lowest BCUT2D eigenvalue weighted by Crippen LogP contribution is -1.90. The summed E-state index contributed by atoms with van der Waals surface area (Å²) in [6, 6.07) is 8.30. The van der Waals surface area contributed by atoms with E-state index in [2.05, 4.69) is 33.4 Å². The first-order valence-electron chi connectivity index (χ1n) is 4.38. The van der Waals surface area contributed by atoms with E-state index in [0.29, 0.717) is 0 Å². The Kier molecular flexibility index (Phi) is 1.27. The fraction of sp³-hybridized carbons (Fsp3) is 0.200. The molecule has 1 aliphatic rings. The van der Waals surface area contributed by atoms with Crippen molar-refractivity contribution in [3.63, 3.8) is 0 Å². The molecule has 0 radical (unpaired) electrons. The van der Waals surface area contributed by atoms with E-state index < -0.39 is 0 Å². The molecule has 3 rings (SSSR count). The minimum Gasteiger partial charge on any atom is -0.361 e. The fourth-order valence-electron chi connectivity index (χ4n) is 1.63. The molecule has 0 amide bonds. The Bertz CT molecular complexity index is 464. The van der Waals surface area contributed by atoms with Gasteiger partial charge in [-0.05, 0) is 11.6 Å². The van der Waals surface area contributed by atoms with E-state index in [4.69, 9.17) is 0 Å². The average molecular weight is 171 g/mol. The fourth-order valence-corrected chi connectivity index (χ4v) is 1.63. The summed E-state index contributed by atoms with van der Waals surface area (Å²) >= 11 is 0. The van der Waals surface area contributed by atoms with Crippen LogP contribution in [-0.4, -0.2) is 11.1 Å². The van der Waals surface area contributed by atoms with Gasteiger partial charge in [0.1, 0.15) is 0 Å². The third kappa shape index (κ3) is 1.13. The first-order chi connectivity index (χ1) is 6.43. The van der Waals surface area contributed by atoms with Crippen LogP contribution in [0.3, 0.4) is 0 Å². The maximum Gasteiger partial charge on any atom is 0.185 e. The zero-order chi connectivity index (χ0) is 8.67. The van der Waals surface area contributed by atoms with Crippen LogP contribution in [0.2, 0.25) is 0 Å². The normalized spacial score (nSPS) is 15.4. The van der Waals surface area contributed by atoms with E-state index in [0.717, 1.165) is 6.42 Å². The molecule has 3 nitrogen and oxygen atoms in total. The average Bonchev–Trinajstić information content (AvgIpc) is 2.88. The summed E-state index contributed by atoms with van der Waals surface area (Å²) < 4.78 is 0. The molecule has 0 fully saturated rings. The maximum absolute atomic E-state index is 3.90. The van der Waals surface area contributed by atoms with Gasteiger partial charge in [0.05, 0.1) is 0 Å². The van der Waals surface area contributed by atoms with Crippen LogP contribution in [0.4, 0.5) is 0 Å². The highest BCUT2D eigenvalue weighted by molar-refractivity contribution is 5.83. The molecule has 2 aromatic rings. The van der Waals surface area contributed by atoms with Gasteiger partial charge in [-0.15, -0.1) is 0 Å². The summed E-state index contributed by atoms with van der Waals surface area (Å²) in [5.74, 6) is 0. The lowest BCUT2D eigenvalue weighted by atomic mass is 10.1. The van der Waals surface area contributed by atoms with Gasteiger partial charge in [-0.25, -0.2) is 0 Å². The van der Waals surface area contributed by atoms with Crippen LogP contribution in [0.25, 0.3) is 10.9 Å². The number of H-pyrrole nitrogens is 1. The molecule has 0 aliphatic carbocycles. The van der Waals surface area contributed by atoms with Crippen LogP contribution < -0.4 is 0 Å². The van der Waals surface area contributed by atoms with Gasteiger partial charge in [0, 0.05) is 23.5 Å². The van der Waals surface area contributed by atoms with E-state index in [1.165, 1.54) is 16.5 Å². The molecule has 13 heavy (non-hydrogen) atoms. The lowest BCUT2D eigenvalue weighted by Gasteiger charge is -1.93. The number of fused-ring (bicyclic) bond motifs is 1. The highest BCUT2D eigenvalue weighted by Crippen LogP contribution is 2.23. The van der Waals surface area contributed by atoms with Crippen molar-refractivity contribution in [1.82, 2.24) is 4.98 Å². The van der Waals surface area contributed by atoms with Gasteiger partial charge in [-0.3, -0.25) is 0 Å². The Morgan fingerprint density at radius 1 is 1.23 bits per heavy atom. The molecule has 3 heteroatoms. The lowest BCUT2D eigenvalue weighted by molar-refractivity contribution is 0.912. The van der Waals surface area contributed by atoms with Gasteiger partial charge in [0.2, 0.25) is 0 Å². The molecule has 64 valence electrons. The van der Waals surface area contributed by atoms with Crippen molar-refractivity contribution in [2.45, 2.75) is 12.6 Å². The summed E-state index contributed by atoms with van der Waals surface area (Å²) in [6.45, 7) is 0. The SMILES string of the molecule is c1ccc2c(CC3N=N3)c[nH]c2c1. The Morgan fingerprint density at radius 3 is 2.92 bits per heavy atom. The molecule has 1 aromatic heterocycles. The highest BCUT2D eigenvalue weighted by Gasteiger charge is 2.17. The number of benzene rings is 1. The van der Waals surface area contributed by atoms with E-state index in [9.17, 15) is 0 Å². The van der Waals surface area contributed by atoms with Crippen molar-refractivity contribution in [2.75, 3.05) is 0 Å².